The van der Waals surface area contributed by atoms with Crippen molar-refractivity contribution in [2.45, 2.75) is 26.8 Å². The van der Waals surface area contributed by atoms with Crippen LogP contribution in [-0.2, 0) is 17.7 Å². The summed E-state index contributed by atoms with van der Waals surface area (Å²) in [5.74, 6) is 0. The predicted octanol–water partition coefficient (Wildman–Crippen LogP) is 3.99. The van der Waals surface area contributed by atoms with Gasteiger partial charge in [0, 0.05) is 36.8 Å². The van der Waals surface area contributed by atoms with Gasteiger partial charge >= 0.3 is 0 Å². The molecule has 0 aliphatic rings. The van der Waals surface area contributed by atoms with E-state index in [-0.39, 0.29) is 0 Å². The number of rotatable bonds is 7. The van der Waals surface area contributed by atoms with E-state index >= 15 is 0 Å². The average molecular weight is 435 g/mol. The molecular weight excluding hydrogens is 408 g/mol. The van der Waals surface area contributed by atoms with E-state index in [2.05, 4.69) is 82.1 Å². The van der Waals surface area contributed by atoms with E-state index in [1.807, 2.05) is 6.07 Å². The monoisotopic (exact) mass is 434 g/mol. The van der Waals surface area contributed by atoms with E-state index < -0.39 is 0 Å². The molecule has 0 fully saturated rings. The number of benzene rings is 2. The molecule has 4 aromatic rings. The summed E-state index contributed by atoms with van der Waals surface area (Å²) in [6, 6.07) is 16.7. The summed E-state index contributed by atoms with van der Waals surface area (Å²) in [7, 11) is 1.69. The van der Waals surface area contributed by atoms with E-state index in [4.69, 9.17) is 17.0 Å². The number of hydrogen-bond acceptors (Lipinski definition) is 5. The number of hydrogen-bond donors (Lipinski definition) is 1. The fraction of sp³-hybridized carbons (Fsp3) is 0.304. The molecule has 2 aromatic heterocycles. The third kappa shape index (κ3) is 4.65. The summed E-state index contributed by atoms with van der Waals surface area (Å²) in [6.07, 6.45) is 1.01. The number of nitrogens with one attached hydrogen (secondary N) is 1. The Morgan fingerprint density at radius 2 is 1.97 bits per heavy atom. The number of aromatic nitrogens is 4. The van der Waals surface area contributed by atoms with Gasteiger partial charge in [0.1, 0.15) is 0 Å². The molecule has 4 rings (SSSR count). The number of pyridine rings is 1. The second kappa shape index (κ2) is 9.36. The predicted molar refractivity (Wildman–Crippen MR) is 127 cm³/mol. The third-order valence-electron chi connectivity index (χ3n) is 5.32. The van der Waals surface area contributed by atoms with Gasteiger partial charge in [-0.15, -0.1) is 5.10 Å². The maximum absolute atomic E-state index is 5.75. The topological polar surface area (TPSA) is 67.6 Å². The van der Waals surface area contributed by atoms with Crippen molar-refractivity contribution >= 4 is 39.6 Å². The number of ether oxygens (including phenoxy) is 1. The number of thiocarbonyl (C=S) groups is 1. The minimum absolute atomic E-state index is 0.560. The van der Waals surface area contributed by atoms with Crippen molar-refractivity contribution in [1.82, 2.24) is 24.9 Å². The second-order valence-corrected chi connectivity index (χ2v) is 7.93. The van der Waals surface area contributed by atoms with Crippen LogP contribution in [0.4, 0.5) is 5.69 Å². The lowest BCUT2D eigenvalue weighted by molar-refractivity contribution is 0.175. The quantitative estimate of drug-likeness (QED) is 0.441. The first kappa shape index (κ1) is 21.1. The molecule has 1 N–H and O–H groups in total. The molecule has 0 aliphatic carbocycles. The Kier molecular flexibility index (Phi) is 6.39. The van der Waals surface area contributed by atoms with Gasteiger partial charge in [0.2, 0.25) is 0 Å². The van der Waals surface area contributed by atoms with Gasteiger partial charge in [-0.3, -0.25) is 0 Å². The lowest BCUT2D eigenvalue weighted by Gasteiger charge is -2.26. The zero-order chi connectivity index (χ0) is 21.8. The molecule has 0 saturated carbocycles. The molecule has 0 atom stereocenters. The number of nitrogens with zero attached hydrogens (tertiary/aromatic N) is 5. The summed E-state index contributed by atoms with van der Waals surface area (Å²) in [5.41, 5.74) is 6.16. The first-order chi connectivity index (χ1) is 15.1. The lowest BCUT2D eigenvalue weighted by Crippen LogP contribution is -2.36. The van der Waals surface area contributed by atoms with Gasteiger partial charge in [-0.05, 0) is 71.9 Å². The van der Waals surface area contributed by atoms with Crippen LogP contribution < -0.4 is 5.32 Å². The highest BCUT2D eigenvalue weighted by atomic mass is 32.1. The summed E-state index contributed by atoms with van der Waals surface area (Å²) in [6.45, 7) is 6.00. The number of anilines is 1. The highest BCUT2D eigenvalue weighted by Gasteiger charge is 2.16. The van der Waals surface area contributed by atoms with Gasteiger partial charge in [0.25, 0.3) is 0 Å². The van der Waals surface area contributed by atoms with Crippen molar-refractivity contribution in [3.63, 3.8) is 0 Å². The maximum atomic E-state index is 5.75. The second-order valence-electron chi connectivity index (χ2n) is 7.54. The zero-order valence-electron chi connectivity index (χ0n) is 18.0. The Morgan fingerprint density at radius 1 is 1.16 bits per heavy atom. The maximum Gasteiger partial charge on any atom is 0.184 e. The fourth-order valence-electron chi connectivity index (χ4n) is 3.59. The normalized spacial score (nSPS) is 11.2. The van der Waals surface area contributed by atoms with Crippen LogP contribution in [0.2, 0.25) is 0 Å². The largest absolute Gasteiger partial charge is 0.383 e. The third-order valence-corrected chi connectivity index (χ3v) is 5.69. The molecule has 0 aliphatic heterocycles. The van der Waals surface area contributed by atoms with Crippen molar-refractivity contribution in [3.8, 4) is 0 Å². The summed E-state index contributed by atoms with van der Waals surface area (Å²) in [4.78, 5) is 2.08. The zero-order valence-corrected chi connectivity index (χ0v) is 18.8. The van der Waals surface area contributed by atoms with Crippen molar-refractivity contribution in [2.75, 3.05) is 25.6 Å². The molecule has 31 heavy (non-hydrogen) atoms. The van der Waals surface area contributed by atoms with Crippen molar-refractivity contribution in [1.29, 1.82) is 0 Å². The van der Waals surface area contributed by atoms with Crippen molar-refractivity contribution < 1.29 is 4.74 Å². The molecule has 0 bridgehead atoms. The van der Waals surface area contributed by atoms with E-state index in [0.717, 1.165) is 34.2 Å². The summed E-state index contributed by atoms with van der Waals surface area (Å²) in [5, 5.41) is 17.5. The molecule has 0 spiro atoms. The van der Waals surface area contributed by atoms with E-state index in [1.54, 1.807) is 11.6 Å². The van der Waals surface area contributed by atoms with Gasteiger partial charge in [-0.2, -0.15) is 4.52 Å². The van der Waals surface area contributed by atoms with Crippen LogP contribution in [0.15, 0.2) is 48.5 Å². The van der Waals surface area contributed by atoms with Gasteiger partial charge in [-0.25, -0.2) is 0 Å². The van der Waals surface area contributed by atoms with Gasteiger partial charge in [0.05, 0.1) is 12.1 Å². The van der Waals surface area contributed by atoms with E-state index in [0.29, 0.717) is 24.8 Å². The Labute approximate surface area is 187 Å². The lowest BCUT2D eigenvalue weighted by atomic mass is 10.1. The van der Waals surface area contributed by atoms with Crippen LogP contribution in [0.1, 0.15) is 23.6 Å². The molecular formula is C23H26N6OS. The molecule has 8 heteroatoms. The van der Waals surface area contributed by atoms with Crippen LogP contribution >= 0.6 is 12.2 Å². The minimum atomic E-state index is 0.560. The molecule has 160 valence electrons. The molecule has 7 nitrogen and oxygen atoms in total. The van der Waals surface area contributed by atoms with E-state index in [1.165, 1.54) is 11.1 Å². The van der Waals surface area contributed by atoms with Crippen LogP contribution in [0.25, 0.3) is 16.6 Å². The summed E-state index contributed by atoms with van der Waals surface area (Å²) >= 11 is 5.75. The van der Waals surface area contributed by atoms with E-state index in [9.17, 15) is 0 Å². The Morgan fingerprint density at radius 3 is 2.71 bits per heavy atom. The molecule has 2 heterocycles. The number of tetrazole rings is 1. The minimum Gasteiger partial charge on any atom is -0.383 e. The van der Waals surface area contributed by atoms with Crippen LogP contribution in [-0.4, -0.2) is 50.3 Å². The van der Waals surface area contributed by atoms with Crippen molar-refractivity contribution in [3.05, 3.63) is 65.2 Å². The van der Waals surface area contributed by atoms with Gasteiger partial charge in [-0.1, -0.05) is 30.7 Å². The van der Waals surface area contributed by atoms with Crippen LogP contribution in [0.3, 0.4) is 0 Å². The molecule has 2 aromatic carbocycles. The molecule has 0 radical (unpaired) electrons. The van der Waals surface area contributed by atoms with Crippen LogP contribution in [0, 0.1) is 6.92 Å². The standard InChI is InChI=1S/C23H26N6OS/c1-4-17-6-8-20(9-7-17)24-23(31)28(11-12-30-3)15-19-14-18-13-16(2)5-10-21(18)29-22(19)25-26-27-29/h5-10,13-14H,4,11-12,15H2,1-3H3,(H,24,31). The fourth-order valence-corrected chi connectivity index (χ4v) is 3.86. The average Bonchev–Trinajstić information content (AvgIpc) is 3.27. The van der Waals surface area contributed by atoms with Gasteiger partial charge < -0.3 is 15.0 Å². The first-order valence-corrected chi connectivity index (χ1v) is 10.7. The molecule has 0 unspecified atom stereocenters. The Hall–Kier alpha value is -3.10. The van der Waals surface area contributed by atoms with Gasteiger partial charge in [0.15, 0.2) is 10.8 Å². The summed E-state index contributed by atoms with van der Waals surface area (Å²) < 4.78 is 7.11. The first-order valence-electron chi connectivity index (χ1n) is 10.3. The molecule has 0 amide bonds. The smallest absolute Gasteiger partial charge is 0.184 e. The Balaban J connectivity index is 1.64. The van der Waals surface area contributed by atoms with Crippen molar-refractivity contribution in [2.24, 2.45) is 0 Å². The molecule has 0 saturated heterocycles. The number of methoxy groups -OCH3 is 1. The highest BCUT2D eigenvalue weighted by Crippen LogP contribution is 2.22. The number of aryl methyl sites for hydroxylation is 2. The number of fused-ring (bicyclic) bond motifs is 3. The van der Waals surface area contributed by atoms with Crippen LogP contribution in [0.5, 0.6) is 0 Å². The Bertz CT molecular complexity index is 1200. The SMILES string of the molecule is CCc1ccc(NC(=S)N(CCOC)Cc2cc3cc(C)ccc3n3nnnc23)cc1. The highest BCUT2D eigenvalue weighted by molar-refractivity contribution is 7.80.